The summed E-state index contributed by atoms with van der Waals surface area (Å²) in [6, 6.07) is 7.51. The number of halogens is 1. The van der Waals surface area contributed by atoms with Gasteiger partial charge in [-0.3, -0.25) is 4.79 Å². The van der Waals surface area contributed by atoms with Gasteiger partial charge in [-0.1, -0.05) is 6.07 Å². The van der Waals surface area contributed by atoms with Crippen LogP contribution in [0.5, 0.6) is 0 Å². The van der Waals surface area contributed by atoms with Crippen molar-refractivity contribution in [2.45, 2.75) is 12.8 Å². The molecule has 72 valence electrons. The quantitative estimate of drug-likeness (QED) is 0.870. The molecule has 0 aliphatic heterocycles. The molecule has 0 atom stereocenters. The summed E-state index contributed by atoms with van der Waals surface area (Å²) >= 11 is 2.12. The van der Waals surface area contributed by atoms with Crippen LogP contribution in [-0.2, 0) is 11.2 Å². The lowest BCUT2D eigenvalue weighted by Gasteiger charge is -2.01. The molecule has 0 bridgehead atoms. The Bertz CT molecular complexity index is 396. The number of aliphatic carboxylic acids is 1. The average Bonchev–Trinajstić information content (AvgIpc) is 2.15. The van der Waals surface area contributed by atoms with Crippen molar-refractivity contribution in [3.63, 3.8) is 0 Å². The van der Waals surface area contributed by atoms with E-state index in [1.165, 1.54) is 0 Å². The van der Waals surface area contributed by atoms with Crippen molar-refractivity contribution < 1.29 is 9.90 Å². The maximum Gasteiger partial charge on any atom is 0.303 e. The summed E-state index contributed by atoms with van der Waals surface area (Å²) in [5.74, 6) is -0.840. The van der Waals surface area contributed by atoms with Crippen LogP contribution in [0.15, 0.2) is 18.2 Å². The Morgan fingerprint density at radius 2 is 2.29 bits per heavy atom. The van der Waals surface area contributed by atoms with Gasteiger partial charge in [0.1, 0.15) is 0 Å². The fourth-order valence-corrected chi connectivity index (χ4v) is 1.60. The second kappa shape index (κ2) is 4.96. The number of nitriles is 1. The van der Waals surface area contributed by atoms with E-state index in [1.807, 2.05) is 12.1 Å². The van der Waals surface area contributed by atoms with E-state index in [9.17, 15) is 4.79 Å². The lowest BCUT2D eigenvalue weighted by Crippen LogP contribution is -1.99. The summed E-state index contributed by atoms with van der Waals surface area (Å²) in [6.45, 7) is 0. The van der Waals surface area contributed by atoms with Crippen molar-refractivity contribution in [2.75, 3.05) is 0 Å². The molecule has 0 amide bonds. The standard InChI is InChI=1S/C10H8INO2/c11-9-3-1-7(2-4-10(13)14)8(5-9)6-12/h1,3,5H,2,4H2,(H,13,14). The smallest absolute Gasteiger partial charge is 0.303 e. The molecule has 1 aromatic carbocycles. The van der Waals surface area contributed by atoms with Gasteiger partial charge in [0.05, 0.1) is 11.6 Å². The summed E-state index contributed by atoms with van der Waals surface area (Å²) in [5.41, 5.74) is 1.37. The molecule has 0 heterocycles. The number of benzene rings is 1. The van der Waals surface area contributed by atoms with Crippen LogP contribution in [-0.4, -0.2) is 11.1 Å². The molecule has 0 saturated carbocycles. The first-order valence-corrected chi connectivity index (χ1v) is 5.11. The van der Waals surface area contributed by atoms with Crippen molar-refractivity contribution in [3.05, 3.63) is 32.9 Å². The third-order valence-electron chi connectivity index (χ3n) is 1.80. The summed E-state index contributed by atoms with van der Waals surface area (Å²) in [6.07, 6.45) is 0.477. The second-order valence-electron chi connectivity index (χ2n) is 2.81. The van der Waals surface area contributed by atoms with Crippen molar-refractivity contribution in [1.82, 2.24) is 0 Å². The van der Waals surface area contributed by atoms with Crippen LogP contribution in [0.1, 0.15) is 17.5 Å². The molecule has 3 nitrogen and oxygen atoms in total. The Hall–Kier alpha value is -1.09. The molecule has 0 spiro atoms. The Balaban J connectivity index is 2.87. The molecule has 1 aromatic rings. The third-order valence-corrected chi connectivity index (χ3v) is 2.47. The highest BCUT2D eigenvalue weighted by Gasteiger charge is 2.04. The van der Waals surface area contributed by atoms with E-state index >= 15 is 0 Å². The molecule has 0 fully saturated rings. The van der Waals surface area contributed by atoms with Crippen LogP contribution in [0, 0.1) is 14.9 Å². The maximum absolute atomic E-state index is 10.4. The number of nitrogens with zero attached hydrogens (tertiary/aromatic N) is 1. The van der Waals surface area contributed by atoms with Gasteiger partial charge in [-0.05, 0) is 46.7 Å². The normalized spacial score (nSPS) is 9.43. The molecule has 4 heteroatoms. The van der Waals surface area contributed by atoms with Gasteiger partial charge in [-0.2, -0.15) is 5.26 Å². The number of carbonyl (C=O) groups is 1. The zero-order chi connectivity index (χ0) is 10.6. The fourth-order valence-electron chi connectivity index (χ4n) is 1.11. The van der Waals surface area contributed by atoms with E-state index in [0.29, 0.717) is 12.0 Å². The van der Waals surface area contributed by atoms with Crippen LogP contribution in [0.3, 0.4) is 0 Å². The van der Waals surface area contributed by atoms with Crippen LogP contribution < -0.4 is 0 Å². The minimum absolute atomic E-state index is 0.0648. The average molecular weight is 301 g/mol. The Kier molecular flexibility index (Phi) is 3.89. The summed E-state index contributed by atoms with van der Waals surface area (Å²) in [4.78, 5) is 10.4. The molecular formula is C10H8INO2. The van der Waals surface area contributed by atoms with Crippen LogP contribution in [0.2, 0.25) is 0 Å². The first-order chi connectivity index (χ1) is 6.63. The molecule has 14 heavy (non-hydrogen) atoms. The zero-order valence-electron chi connectivity index (χ0n) is 7.33. The zero-order valence-corrected chi connectivity index (χ0v) is 9.48. The van der Waals surface area contributed by atoms with Crippen LogP contribution in [0.25, 0.3) is 0 Å². The van der Waals surface area contributed by atoms with Crippen molar-refractivity contribution in [3.8, 4) is 6.07 Å². The lowest BCUT2D eigenvalue weighted by molar-refractivity contribution is -0.136. The van der Waals surface area contributed by atoms with E-state index in [-0.39, 0.29) is 6.42 Å². The van der Waals surface area contributed by atoms with Gasteiger partial charge in [-0.25, -0.2) is 0 Å². The minimum Gasteiger partial charge on any atom is -0.481 e. The second-order valence-corrected chi connectivity index (χ2v) is 4.05. The highest BCUT2D eigenvalue weighted by atomic mass is 127. The van der Waals surface area contributed by atoms with Gasteiger partial charge in [0.15, 0.2) is 0 Å². The Labute approximate surface area is 95.5 Å². The van der Waals surface area contributed by atoms with Crippen LogP contribution >= 0.6 is 22.6 Å². The fraction of sp³-hybridized carbons (Fsp3) is 0.200. The predicted molar refractivity (Wildman–Crippen MR) is 59.8 cm³/mol. The summed E-state index contributed by atoms with van der Waals surface area (Å²) in [7, 11) is 0. The monoisotopic (exact) mass is 301 g/mol. The summed E-state index contributed by atoms with van der Waals surface area (Å²) < 4.78 is 0.984. The Morgan fingerprint density at radius 3 is 2.86 bits per heavy atom. The number of rotatable bonds is 3. The van der Waals surface area contributed by atoms with Gasteiger partial charge in [-0.15, -0.1) is 0 Å². The van der Waals surface area contributed by atoms with Gasteiger partial charge in [0.2, 0.25) is 0 Å². The lowest BCUT2D eigenvalue weighted by atomic mass is 10.0. The molecular weight excluding hydrogens is 293 g/mol. The van der Waals surface area contributed by atoms with Crippen LogP contribution in [0.4, 0.5) is 0 Å². The van der Waals surface area contributed by atoms with Gasteiger partial charge in [0, 0.05) is 9.99 Å². The number of aryl methyl sites for hydroxylation is 1. The van der Waals surface area contributed by atoms with Gasteiger partial charge >= 0.3 is 5.97 Å². The summed E-state index contributed by atoms with van der Waals surface area (Å²) in [5, 5.41) is 17.3. The van der Waals surface area contributed by atoms with Gasteiger partial charge in [0.25, 0.3) is 0 Å². The number of hydrogen-bond acceptors (Lipinski definition) is 2. The molecule has 0 saturated heterocycles. The minimum atomic E-state index is -0.840. The van der Waals surface area contributed by atoms with Crippen molar-refractivity contribution >= 4 is 28.6 Å². The number of carboxylic acid groups (broad SMARTS) is 1. The molecule has 0 aromatic heterocycles. The number of hydrogen-bond donors (Lipinski definition) is 1. The van der Waals surface area contributed by atoms with Crippen molar-refractivity contribution in [2.24, 2.45) is 0 Å². The van der Waals surface area contributed by atoms with Gasteiger partial charge < -0.3 is 5.11 Å². The highest BCUT2D eigenvalue weighted by molar-refractivity contribution is 14.1. The van der Waals surface area contributed by atoms with E-state index in [4.69, 9.17) is 10.4 Å². The third kappa shape index (κ3) is 3.00. The first-order valence-electron chi connectivity index (χ1n) is 4.04. The molecule has 0 aliphatic rings. The van der Waals surface area contributed by atoms with E-state index < -0.39 is 5.97 Å². The molecule has 0 radical (unpaired) electrons. The largest absolute Gasteiger partial charge is 0.481 e. The predicted octanol–water partition coefficient (Wildman–Crippen LogP) is 2.18. The van der Waals surface area contributed by atoms with E-state index in [0.717, 1.165) is 9.13 Å². The maximum atomic E-state index is 10.4. The van der Waals surface area contributed by atoms with E-state index in [2.05, 4.69) is 28.7 Å². The Morgan fingerprint density at radius 1 is 1.57 bits per heavy atom. The molecule has 1 N–H and O–H groups in total. The number of carboxylic acids is 1. The van der Waals surface area contributed by atoms with Crippen molar-refractivity contribution in [1.29, 1.82) is 5.26 Å². The molecule has 1 rings (SSSR count). The molecule has 0 aliphatic carbocycles. The van der Waals surface area contributed by atoms with E-state index in [1.54, 1.807) is 6.07 Å². The topological polar surface area (TPSA) is 61.1 Å². The first kappa shape index (κ1) is 11.0. The SMILES string of the molecule is N#Cc1cc(I)ccc1CCC(=O)O. The highest BCUT2D eigenvalue weighted by Crippen LogP contribution is 2.14. The molecule has 0 unspecified atom stereocenters.